The number of benzene rings is 2. The summed E-state index contributed by atoms with van der Waals surface area (Å²) in [5.74, 6) is 0.219. The molecule has 1 aliphatic rings. The topological polar surface area (TPSA) is 109 Å². The van der Waals surface area contributed by atoms with Gasteiger partial charge in [-0.25, -0.2) is 5.43 Å². The van der Waals surface area contributed by atoms with Gasteiger partial charge in [-0.05, 0) is 29.8 Å². The number of phenolic OH excluding ortho intramolecular Hbond substituents is 1. The normalized spacial score (nSPS) is 15.5. The molecule has 0 saturated carbocycles. The maximum absolute atomic E-state index is 12.1. The van der Waals surface area contributed by atoms with E-state index in [1.807, 2.05) is 6.07 Å². The molecule has 134 valence electrons. The number of nitrogens with zero attached hydrogens (tertiary/aromatic N) is 1. The minimum absolute atomic E-state index is 0.0696. The molecule has 1 heterocycles. The number of ether oxygens (including phenoxy) is 2. The van der Waals surface area contributed by atoms with E-state index >= 15 is 0 Å². The molecule has 0 aromatic heterocycles. The third kappa shape index (κ3) is 4.50. The lowest BCUT2D eigenvalue weighted by atomic mass is 10.2. The van der Waals surface area contributed by atoms with E-state index in [-0.39, 0.29) is 18.9 Å². The Balaban J connectivity index is 1.44. The second-order valence-corrected chi connectivity index (χ2v) is 5.47. The predicted molar refractivity (Wildman–Crippen MR) is 93.2 cm³/mol. The van der Waals surface area contributed by atoms with Gasteiger partial charge in [-0.2, -0.15) is 5.10 Å². The van der Waals surface area contributed by atoms with Gasteiger partial charge >= 0.3 is 0 Å². The first-order chi connectivity index (χ1) is 12.6. The molecule has 0 spiro atoms. The van der Waals surface area contributed by atoms with Crippen LogP contribution in [0, 0.1) is 0 Å². The highest BCUT2D eigenvalue weighted by molar-refractivity contribution is 5.88. The lowest BCUT2D eigenvalue weighted by Crippen LogP contribution is -2.46. The van der Waals surface area contributed by atoms with E-state index in [1.165, 1.54) is 18.3 Å². The van der Waals surface area contributed by atoms with Gasteiger partial charge in [0.2, 0.25) is 6.10 Å². The van der Waals surface area contributed by atoms with E-state index < -0.39 is 17.9 Å². The lowest BCUT2D eigenvalue weighted by Gasteiger charge is -2.25. The first kappa shape index (κ1) is 17.3. The van der Waals surface area contributed by atoms with E-state index in [9.17, 15) is 14.7 Å². The van der Waals surface area contributed by atoms with Crippen LogP contribution in [0.4, 0.5) is 0 Å². The maximum Gasteiger partial charge on any atom is 0.265 e. The first-order valence-electron chi connectivity index (χ1n) is 7.89. The molecule has 2 aromatic rings. The van der Waals surface area contributed by atoms with Crippen LogP contribution in [0.2, 0.25) is 0 Å². The minimum atomic E-state index is -0.825. The van der Waals surface area contributed by atoms with E-state index in [2.05, 4.69) is 15.8 Å². The van der Waals surface area contributed by atoms with Gasteiger partial charge in [-0.1, -0.05) is 24.3 Å². The second kappa shape index (κ2) is 8.02. The summed E-state index contributed by atoms with van der Waals surface area (Å²) in [5, 5.41) is 15.6. The molecule has 0 aliphatic carbocycles. The predicted octanol–water partition coefficient (Wildman–Crippen LogP) is 0.798. The Morgan fingerprint density at radius 3 is 2.81 bits per heavy atom. The Hall–Kier alpha value is -3.55. The van der Waals surface area contributed by atoms with Crippen molar-refractivity contribution in [2.24, 2.45) is 5.10 Å². The lowest BCUT2D eigenvalue weighted by molar-refractivity contribution is -0.132. The third-order valence-electron chi connectivity index (χ3n) is 3.50. The molecule has 8 nitrogen and oxygen atoms in total. The molecule has 0 radical (unpaired) electrons. The minimum Gasteiger partial charge on any atom is -0.508 e. The van der Waals surface area contributed by atoms with Gasteiger partial charge in [-0.3, -0.25) is 9.59 Å². The maximum atomic E-state index is 12.1. The van der Waals surface area contributed by atoms with Crippen LogP contribution in [-0.4, -0.2) is 42.4 Å². The molecular weight excluding hydrogens is 338 g/mol. The molecule has 0 bridgehead atoms. The van der Waals surface area contributed by atoms with Crippen molar-refractivity contribution in [1.82, 2.24) is 10.7 Å². The Kier molecular flexibility index (Phi) is 5.33. The van der Waals surface area contributed by atoms with Crippen LogP contribution >= 0.6 is 0 Å². The van der Waals surface area contributed by atoms with Gasteiger partial charge in [0.1, 0.15) is 12.4 Å². The molecule has 26 heavy (non-hydrogen) atoms. The molecule has 1 aliphatic heterocycles. The number of carbonyl (C=O) groups excluding carboxylic acids is 2. The number of hydrogen-bond acceptors (Lipinski definition) is 6. The molecule has 2 amide bonds. The summed E-state index contributed by atoms with van der Waals surface area (Å²) < 4.78 is 11.0. The summed E-state index contributed by atoms with van der Waals surface area (Å²) in [7, 11) is 0. The Labute approximate surface area is 149 Å². The van der Waals surface area contributed by atoms with Crippen LogP contribution in [0.25, 0.3) is 0 Å². The first-order valence-corrected chi connectivity index (χ1v) is 7.89. The fourth-order valence-electron chi connectivity index (χ4n) is 2.25. The number of para-hydroxylation sites is 2. The van der Waals surface area contributed by atoms with Crippen molar-refractivity contribution in [3.63, 3.8) is 0 Å². The van der Waals surface area contributed by atoms with Crippen molar-refractivity contribution in [2.45, 2.75) is 6.10 Å². The van der Waals surface area contributed by atoms with E-state index in [0.717, 1.165) is 0 Å². The highest BCUT2D eigenvalue weighted by atomic mass is 16.6. The number of hydrazone groups is 1. The quantitative estimate of drug-likeness (QED) is 0.543. The van der Waals surface area contributed by atoms with Crippen LogP contribution in [0.5, 0.6) is 17.2 Å². The van der Waals surface area contributed by atoms with Gasteiger partial charge in [-0.15, -0.1) is 0 Å². The molecule has 8 heteroatoms. The van der Waals surface area contributed by atoms with E-state index in [4.69, 9.17) is 9.47 Å². The number of phenols is 1. The molecule has 1 atom stereocenters. The number of carbonyl (C=O) groups is 2. The Morgan fingerprint density at radius 1 is 1.19 bits per heavy atom. The van der Waals surface area contributed by atoms with Gasteiger partial charge in [0.25, 0.3) is 11.8 Å². The highest BCUT2D eigenvalue weighted by Crippen LogP contribution is 2.30. The second-order valence-electron chi connectivity index (χ2n) is 5.47. The molecule has 0 unspecified atom stereocenters. The van der Waals surface area contributed by atoms with Crippen LogP contribution in [-0.2, 0) is 9.59 Å². The molecule has 0 fully saturated rings. The zero-order valence-corrected chi connectivity index (χ0v) is 13.7. The van der Waals surface area contributed by atoms with Gasteiger partial charge in [0.05, 0.1) is 12.8 Å². The Bertz CT molecular complexity index is 837. The molecular formula is C18H17N3O5. The summed E-state index contributed by atoms with van der Waals surface area (Å²) in [6.45, 7) is -0.183. The third-order valence-corrected chi connectivity index (χ3v) is 3.50. The number of amides is 2. The largest absolute Gasteiger partial charge is 0.508 e. The number of fused-ring (bicyclic) bond motifs is 1. The number of aromatic hydroxyl groups is 1. The number of nitrogens with one attached hydrogen (secondary N) is 2. The van der Waals surface area contributed by atoms with Gasteiger partial charge < -0.3 is 19.9 Å². The van der Waals surface area contributed by atoms with Crippen LogP contribution in [0.3, 0.4) is 0 Å². The van der Waals surface area contributed by atoms with Gasteiger partial charge in [0.15, 0.2) is 11.5 Å². The van der Waals surface area contributed by atoms with Crippen LogP contribution in [0.15, 0.2) is 53.6 Å². The highest BCUT2D eigenvalue weighted by Gasteiger charge is 2.27. The fraction of sp³-hybridized carbons (Fsp3) is 0.167. The molecule has 2 aromatic carbocycles. The molecule has 3 rings (SSSR count). The van der Waals surface area contributed by atoms with Crippen molar-refractivity contribution >= 4 is 18.0 Å². The van der Waals surface area contributed by atoms with Crippen molar-refractivity contribution in [2.75, 3.05) is 13.2 Å². The van der Waals surface area contributed by atoms with Crippen LogP contribution < -0.4 is 20.2 Å². The zero-order chi connectivity index (χ0) is 18.4. The van der Waals surface area contributed by atoms with Crippen LogP contribution in [0.1, 0.15) is 5.56 Å². The van der Waals surface area contributed by atoms with Crippen molar-refractivity contribution in [1.29, 1.82) is 0 Å². The Morgan fingerprint density at radius 2 is 2.00 bits per heavy atom. The van der Waals surface area contributed by atoms with Crippen molar-refractivity contribution in [3.8, 4) is 17.2 Å². The fourth-order valence-corrected chi connectivity index (χ4v) is 2.25. The SMILES string of the molecule is O=C(CNC(=O)[C@@H]1COc2ccccc2O1)NN=Cc1cccc(O)c1. The number of hydrogen-bond donors (Lipinski definition) is 3. The van der Waals surface area contributed by atoms with Crippen molar-refractivity contribution in [3.05, 3.63) is 54.1 Å². The van der Waals surface area contributed by atoms with Crippen molar-refractivity contribution < 1.29 is 24.2 Å². The molecule has 3 N–H and O–H groups in total. The monoisotopic (exact) mass is 355 g/mol. The summed E-state index contributed by atoms with van der Waals surface area (Å²) in [4.78, 5) is 23.8. The number of rotatable bonds is 5. The summed E-state index contributed by atoms with van der Waals surface area (Å²) in [6.07, 6.45) is 0.558. The molecule has 0 saturated heterocycles. The van der Waals surface area contributed by atoms with E-state index in [0.29, 0.717) is 17.1 Å². The summed E-state index contributed by atoms with van der Waals surface area (Å²) in [6, 6.07) is 13.4. The smallest absolute Gasteiger partial charge is 0.265 e. The standard InChI is InChI=1S/C18H17N3O5/c22-13-5-3-4-12(8-13)9-20-21-17(23)10-19-18(24)16-11-25-14-6-1-2-7-15(14)26-16/h1-9,16,22H,10-11H2,(H,19,24)(H,21,23)/t16-/m0/s1. The average Bonchev–Trinajstić information content (AvgIpc) is 2.66. The van der Waals surface area contributed by atoms with Gasteiger partial charge in [0, 0.05) is 0 Å². The zero-order valence-electron chi connectivity index (χ0n) is 13.7. The van der Waals surface area contributed by atoms with E-state index in [1.54, 1.807) is 30.3 Å². The summed E-state index contributed by atoms with van der Waals surface area (Å²) >= 11 is 0. The summed E-state index contributed by atoms with van der Waals surface area (Å²) in [5.41, 5.74) is 2.91. The average molecular weight is 355 g/mol.